The minimum absolute atomic E-state index is 0.0739. The molecular formula is C66H72Cl2N14O9. The van der Waals surface area contributed by atoms with Crippen LogP contribution in [0.5, 0.6) is 23.0 Å². The van der Waals surface area contributed by atoms with E-state index in [1.807, 2.05) is 115 Å². The number of aromatic nitrogens is 7. The molecule has 6 heterocycles. The van der Waals surface area contributed by atoms with E-state index in [1.165, 1.54) is 16.1 Å². The fourth-order valence-electron chi connectivity index (χ4n) is 11.5. The van der Waals surface area contributed by atoms with Crippen LogP contribution in [0.4, 0.5) is 10.6 Å². The number of carbonyl (C=O) groups is 4. The normalized spacial score (nSPS) is 16.8. The van der Waals surface area contributed by atoms with Gasteiger partial charge in [-0.3, -0.25) is 24.3 Å². The summed E-state index contributed by atoms with van der Waals surface area (Å²) in [5.74, 6) is 2.51. The van der Waals surface area contributed by atoms with Crippen molar-refractivity contribution < 1.29 is 42.9 Å². The van der Waals surface area contributed by atoms with Gasteiger partial charge >= 0.3 is 6.03 Å². The van der Waals surface area contributed by atoms with Gasteiger partial charge in [-0.05, 0) is 123 Å². The molecule has 0 saturated carbocycles. The van der Waals surface area contributed by atoms with Crippen molar-refractivity contribution in [1.29, 1.82) is 0 Å². The molecule has 3 aliphatic rings. The highest BCUT2D eigenvalue weighted by atomic mass is 35.5. The third-order valence-corrected chi connectivity index (χ3v) is 16.5. The number of aliphatic imine (C=N–C) groups is 1. The molecule has 0 bridgehead atoms. The first-order valence-electron chi connectivity index (χ1n) is 30.5. The van der Waals surface area contributed by atoms with E-state index in [9.17, 15) is 14.4 Å². The highest BCUT2D eigenvalue weighted by Crippen LogP contribution is 2.46. The number of piperidine rings is 1. The van der Waals surface area contributed by atoms with Crippen molar-refractivity contribution in [3.63, 3.8) is 0 Å². The molecule has 3 aliphatic heterocycles. The van der Waals surface area contributed by atoms with E-state index in [0.717, 1.165) is 41.0 Å². The van der Waals surface area contributed by atoms with E-state index in [-0.39, 0.29) is 69.2 Å². The van der Waals surface area contributed by atoms with Crippen molar-refractivity contribution in [3.05, 3.63) is 166 Å². The number of hydrogen-bond donors (Lipinski definition) is 2. The number of piperazine rings is 1. The molecule has 474 valence electrons. The molecule has 0 aliphatic carbocycles. The molecular weight excluding hydrogens is 1200 g/mol. The van der Waals surface area contributed by atoms with E-state index in [0.29, 0.717) is 120 Å². The molecule has 0 radical (unpaired) electrons. The SMILES string of the molecule is COc1ccc(C2=NC(c3ccc(Cl)cc3)C(c3ccc(Cl)cc3)N2C(=O)N2CCN(CC(=O)NCCOCCOCCn3cc(CCCC(=O)N4CCCC(n5nc(-c6ccc(Oc7ccccc7)cc6)c6c(N)ncnc65)C4)nn3)C(=O)C2)c(OC(C)C)c1. The van der Waals surface area contributed by atoms with Crippen molar-refractivity contribution in [2.24, 2.45) is 4.99 Å². The number of ether oxygens (including phenoxy) is 5. The number of para-hydroxylation sites is 1. The molecule has 3 N–H and O–H groups in total. The molecule has 3 atom stereocenters. The van der Waals surface area contributed by atoms with Crippen LogP contribution in [-0.4, -0.2) is 169 Å². The van der Waals surface area contributed by atoms with Crippen molar-refractivity contribution in [3.8, 4) is 34.3 Å². The van der Waals surface area contributed by atoms with Crippen molar-refractivity contribution in [1.82, 2.24) is 59.7 Å². The predicted octanol–water partition coefficient (Wildman–Crippen LogP) is 9.41. The van der Waals surface area contributed by atoms with Gasteiger partial charge in [0, 0.05) is 67.0 Å². The van der Waals surface area contributed by atoms with Gasteiger partial charge in [-0.15, -0.1) is 5.10 Å². The molecule has 2 saturated heterocycles. The number of nitrogen functional groups attached to an aromatic ring is 1. The minimum atomic E-state index is -0.661. The van der Waals surface area contributed by atoms with Gasteiger partial charge < -0.3 is 49.4 Å². The lowest BCUT2D eigenvalue weighted by atomic mass is 9.93. The van der Waals surface area contributed by atoms with Crippen LogP contribution in [0.2, 0.25) is 10.0 Å². The van der Waals surface area contributed by atoms with E-state index in [4.69, 9.17) is 62.7 Å². The summed E-state index contributed by atoms with van der Waals surface area (Å²) >= 11 is 12.7. The zero-order chi connectivity index (χ0) is 63.4. The zero-order valence-corrected chi connectivity index (χ0v) is 52.4. The number of anilines is 1. The third kappa shape index (κ3) is 15.5. The number of nitrogens with zero attached hydrogens (tertiary/aromatic N) is 12. The molecule has 25 heteroatoms. The molecule has 8 aromatic rings. The first-order chi connectivity index (χ1) is 44.3. The van der Waals surface area contributed by atoms with Crippen LogP contribution in [-0.2, 0) is 36.8 Å². The Morgan fingerprint density at radius 2 is 1.53 bits per heavy atom. The maximum absolute atomic E-state index is 15.1. The Balaban J connectivity index is 0.592. The summed E-state index contributed by atoms with van der Waals surface area (Å²) in [6.07, 6.45) is 6.34. The minimum Gasteiger partial charge on any atom is -0.497 e. The Bertz CT molecular complexity index is 3850. The highest BCUT2D eigenvalue weighted by molar-refractivity contribution is 6.30. The molecule has 2 fully saturated rings. The number of aryl methyl sites for hydroxylation is 1. The smallest absolute Gasteiger partial charge is 0.326 e. The molecule has 3 unspecified atom stereocenters. The number of nitrogens with one attached hydrogen (secondary N) is 1. The summed E-state index contributed by atoms with van der Waals surface area (Å²) in [6.45, 7) is 6.79. The van der Waals surface area contributed by atoms with Gasteiger partial charge in [-0.2, -0.15) is 5.10 Å². The van der Waals surface area contributed by atoms with Crippen molar-refractivity contribution in [2.45, 2.75) is 76.7 Å². The van der Waals surface area contributed by atoms with Crippen molar-refractivity contribution >= 4 is 69.6 Å². The standard InChI is InChI=1S/C66H72Cl2N14O9/c1-43(2)90-55-37-53(87-3)26-27-54(55)64-73-61(45-14-20-47(67)21-15-45)62(46-16-22-48(68)23-17-46)81(64)66(86)79-31-30-78(58(85)41-79)40-56(83)70-28-33-88-35-36-89-34-32-80-38-49(74-76-80)9-7-13-57(84)77-29-8-10-50(39-77)82-65-59(63(69)71-42-72-65)60(75-82)44-18-24-52(25-19-44)91-51-11-5-4-6-12-51/h4-6,11-12,14-27,37-38,42-43,50,61-62H,7-10,13,28-36,39-41H2,1-3H3,(H,70,83)(H2,69,71,72). The lowest BCUT2D eigenvalue weighted by Gasteiger charge is -2.38. The number of halogens is 2. The Morgan fingerprint density at radius 1 is 0.802 bits per heavy atom. The second-order valence-electron chi connectivity index (χ2n) is 22.6. The zero-order valence-electron chi connectivity index (χ0n) is 50.9. The predicted molar refractivity (Wildman–Crippen MR) is 343 cm³/mol. The molecule has 3 aromatic heterocycles. The van der Waals surface area contributed by atoms with Gasteiger partial charge in [-0.1, -0.05) is 70.9 Å². The average molecular weight is 1280 g/mol. The number of hydrogen-bond acceptors (Lipinski definition) is 16. The van der Waals surface area contributed by atoms with Gasteiger partial charge in [0.25, 0.3) is 0 Å². The first-order valence-corrected chi connectivity index (χ1v) is 31.2. The summed E-state index contributed by atoms with van der Waals surface area (Å²) < 4.78 is 33.0. The number of likely N-dealkylation sites (tertiary alicyclic amines) is 1. The quantitative estimate of drug-likeness (QED) is 0.0506. The van der Waals surface area contributed by atoms with Gasteiger partial charge in [0.2, 0.25) is 17.7 Å². The fraction of sp³-hybridized carbons (Fsp3) is 0.364. The molecule has 91 heavy (non-hydrogen) atoms. The molecule has 5 amide bonds. The topological polar surface area (TPSA) is 252 Å². The van der Waals surface area contributed by atoms with E-state index in [1.54, 1.807) is 53.1 Å². The fourth-order valence-corrected chi connectivity index (χ4v) is 11.7. The molecule has 5 aromatic carbocycles. The van der Waals surface area contributed by atoms with Crippen LogP contribution in [0.25, 0.3) is 22.3 Å². The largest absolute Gasteiger partial charge is 0.497 e. The highest BCUT2D eigenvalue weighted by Gasteiger charge is 2.46. The van der Waals surface area contributed by atoms with Gasteiger partial charge in [0.15, 0.2) is 5.65 Å². The lowest BCUT2D eigenvalue weighted by Crippen LogP contribution is -2.57. The van der Waals surface area contributed by atoms with Crippen LogP contribution in [0, 0.1) is 0 Å². The summed E-state index contributed by atoms with van der Waals surface area (Å²) in [5.41, 5.74) is 11.5. The number of amidine groups is 1. The summed E-state index contributed by atoms with van der Waals surface area (Å²) in [6, 6.07) is 35.5. The lowest BCUT2D eigenvalue weighted by molar-refractivity contribution is -0.139. The number of carbonyl (C=O) groups excluding carboxylic acids is 4. The number of rotatable bonds is 25. The Labute approximate surface area is 537 Å². The van der Waals surface area contributed by atoms with Crippen LogP contribution in [0.3, 0.4) is 0 Å². The van der Waals surface area contributed by atoms with Gasteiger partial charge in [0.1, 0.15) is 59.3 Å². The second kappa shape index (κ2) is 29.6. The van der Waals surface area contributed by atoms with Gasteiger partial charge in [-0.25, -0.2) is 24.1 Å². The van der Waals surface area contributed by atoms with Crippen LogP contribution in [0.15, 0.2) is 139 Å². The third-order valence-electron chi connectivity index (χ3n) is 15.9. The van der Waals surface area contributed by atoms with E-state index >= 15 is 4.79 Å². The summed E-state index contributed by atoms with van der Waals surface area (Å²) in [7, 11) is 1.57. The maximum atomic E-state index is 15.1. The van der Waals surface area contributed by atoms with Crippen LogP contribution in [0.1, 0.15) is 80.0 Å². The number of methoxy groups -OCH3 is 1. The Hall–Kier alpha value is -9.16. The number of nitrogens with two attached hydrogens (primary N) is 1. The Morgan fingerprint density at radius 3 is 2.26 bits per heavy atom. The Kier molecular flexibility index (Phi) is 20.7. The molecule has 11 rings (SSSR count). The first kappa shape index (κ1) is 63.4. The number of fused-ring (bicyclic) bond motifs is 1. The number of amides is 5. The number of benzene rings is 5. The van der Waals surface area contributed by atoms with Crippen molar-refractivity contribution in [2.75, 3.05) is 85.1 Å². The van der Waals surface area contributed by atoms with Gasteiger partial charge in [0.05, 0.1) is 81.5 Å². The van der Waals surface area contributed by atoms with Crippen LogP contribution >= 0.6 is 23.2 Å². The summed E-state index contributed by atoms with van der Waals surface area (Å²) in [5, 5.41) is 18.2. The summed E-state index contributed by atoms with van der Waals surface area (Å²) in [4.78, 5) is 76.3. The van der Waals surface area contributed by atoms with E-state index in [2.05, 4.69) is 25.6 Å². The second-order valence-corrected chi connectivity index (χ2v) is 23.5. The van der Waals surface area contributed by atoms with E-state index < -0.39 is 18.1 Å². The monoisotopic (exact) mass is 1270 g/mol. The van der Waals surface area contributed by atoms with Crippen LogP contribution < -0.4 is 25.3 Å². The average Bonchev–Trinajstić information content (AvgIpc) is 1.63. The number of urea groups is 1. The molecule has 0 spiro atoms. The maximum Gasteiger partial charge on any atom is 0.326 e. The molecule has 23 nitrogen and oxygen atoms in total.